The Balaban J connectivity index is 1.66. The van der Waals surface area contributed by atoms with Crippen molar-refractivity contribution < 1.29 is 4.74 Å². The molecule has 1 aromatic carbocycles. The molecular formula is C18H24N6O. The van der Waals surface area contributed by atoms with E-state index in [4.69, 9.17) is 9.84 Å². The normalized spacial score (nSPS) is 21.4. The maximum absolute atomic E-state index is 5.62. The summed E-state index contributed by atoms with van der Waals surface area (Å²) in [7, 11) is 1.77. The van der Waals surface area contributed by atoms with Gasteiger partial charge in [-0.3, -0.25) is 14.7 Å². The van der Waals surface area contributed by atoms with Crippen molar-refractivity contribution in [3.8, 4) is 0 Å². The highest BCUT2D eigenvalue weighted by atomic mass is 16.5. The number of ether oxygens (including phenoxy) is 1. The van der Waals surface area contributed by atoms with Gasteiger partial charge in [0.1, 0.15) is 5.82 Å². The lowest BCUT2D eigenvalue weighted by Crippen LogP contribution is -2.25. The van der Waals surface area contributed by atoms with Crippen LogP contribution in [0.15, 0.2) is 24.3 Å². The molecule has 2 atom stereocenters. The fraction of sp³-hybridized carbons (Fsp3) is 0.500. The zero-order valence-corrected chi connectivity index (χ0v) is 14.9. The van der Waals surface area contributed by atoms with E-state index in [1.165, 1.54) is 10.9 Å². The molecule has 0 aliphatic carbocycles. The average molecular weight is 340 g/mol. The molecule has 1 fully saturated rings. The number of aromatic nitrogens is 5. The number of aromatic amines is 1. The summed E-state index contributed by atoms with van der Waals surface area (Å²) >= 11 is 0. The third kappa shape index (κ3) is 2.94. The molecule has 7 nitrogen and oxygen atoms in total. The molecule has 1 saturated heterocycles. The van der Waals surface area contributed by atoms with Crippen molar-refractivity contribution in [3.63, 3.8) is 0 Å². The van der Waals surface area contributed by atoms with Gasteiger partial charge in [0.2, 0.25) is 0 Å². The van der Waals surface area contributed by atoms with E-state index < -0.39 is 0 Å². The Labute approximate surface area is 147 Å². The summed E-state index contributed by atoms with van der Waals surface area (Å²) in [5.74, 6) is 1.69. The summed E-state index contributed by atoms with van der Waals surface area (Å²) in [6, 6.07) is 8.58. The van der Waals surface area contributed by atoms with E-state index in [-0.39, 0.29) is 12.1 Å². The molecule has 132 valence electrons. The van der Waals surface area contributed by atoms with Gasteiger partial charge in [0.05, 0.1) is 23.4 Å². The van der Waals surface area contributed by atoms with Crippen LogP contribution >= 0.6 is 0 Å². The lowest BCUT2D eigenvalue weighted by Gasteiger charge is -2.20. The summed E-state index contributed by atoms with van der Waals surface area (Å²) in [5.41, 5.74) is 2.29. The maximum Gasteiger partial charge on any atom is 0.167 e. The molecule has 0 amide bonds. The van der Waals surface area contributed by atoms with Crippen molar-refractivity contribution in [2.24, 2.45) is 0 Å². The number of nitrogens with one attached hydrogen (secondary N) is 1. The number of para-hydroxylation sites is 1. The van der Waals surface area contributed by atoms with Crippen LogP contribution in [0.25, 0.3) is 10.9 Å². The monoisotopic (exact) mass is 340 g/mol. The maximum atomic E-state index is 5.62. The van der Waals surface area contributed by atoms with Gasteiger partial charge in [-0.2, -0.15) is 10.2 Å². The van der Waals surface area contributed by atoms with Gasteiger partial charge in [-0.05, 0) is 26.3 Å². The number of nitrogens with zero attached hydrogens (tertiary/aromatic N) is 5. The molecule has 4 rings (SSSR count). The SMILES string of the molecule is CCn1nc(CN2C[C@H](OC)C[C@H]2c2n[nH]c(C)n2)c2ccccc21. The van der Waals surface area contributed by atoms with E-state index in [1.54, 1.807) is 7.11 Å². The van der Waals surface area contributed by atoms with Gasteiger partial charge in [0.15, 0.2) is 5.82 Å². The summed E-state index contributed by atoms with van der Waals surface area (Å²) in [5, 5.41) is 13.4. The van der Waals surface area contributed by atoms with Crippen molar-refractivity contribution in [1.82, 2.24) is 29.9 Å². The minimum Gasteiger partial charge on any atom is -0.380 e. The molecule has 3 heterocycles. The topological polar surface area (TPSA) is 71.9 Å². The van der Waals surface area contributed by atoms with Gasteiger partial charge in [0.25, 0.3) is 0 Å². The number of benzene rings is 1. The molecule has 0 spiro atoms. The Bertz CT molecular complexity index is 869. The lowest BCUT2D eigenvalue weighted by molar-refractivity contribution is 0.107. The molecule has 0 bridgehead atoms. The van der Waals surface area contributed by atoms with Crippen molar-refractivity contribution in [1.29, 1.82) is 0 Å². The highest BCUT2D eigenvalue weighted by Gasteiger charge is 2.36. The van der Waals surface area contributed by atoms with Gasteiger partial charge < -0.3 is 4.74 Å². The van der Waals surface area contributed by atoms with Crippen molar-refractivity contribution in [3.05, 3.63) is 41.6 Å². The van der Waals surface area contributed by atoms with Gasteiger partial charge in [-0.1, -0.05) is 18.2 Å². The van der Waals surface area contributed by atoms with Crippen molar-refractivity contribution >= 4 is 10.9 Å². The molecule has 1 aliphatic rings. The summed E-state index contributed by atoms with van der Waals surface area (Å²) < 4.78 is 7.69. The number of fused-ring (bicyclic) bond motifs is 1. The van der Waals surface area contributed by atoms with Crippen LogP contribution in [0.1, 0.15) is 36.7 Å². The van der Waals surface area contributed by atoms with E-state index >= 15 is 0 Å². The fourth-order valence-electron chi connectivity index (χ4n) is 3.73. The van der Waals surface area contributed by atoms with Crippen LogP contribution < -0.4 is 0 Å². The standard InChI is InChI=1S/C18H24N6O/c1-4-24-16-8-6-5-7-14(16)15(22-24)11-23-10-13(25-3)9-17(23)18-19-12(2)20-21-18/h5-8,13,17H,4,9-11H2,1-3H3,(H,19,20,21)/t13-,17+/m1/s1. The van der Waals surface area contributed by atoms with Gasteiger partial charge in [-0.25, -0.2) is 4.98 Å². The number of aryl methyl sites for hydroxylation is 2. The second-order valence-electron chi connectivity index (χ2n) is 6.60. The highest BCUT2D eigenvalue weighted by Crippen LogP contribution is 2.33. The van der Waals surface area contributed by atoms with Crippen LogP contribution in [0.3, 0.4) is 0 Å². The Morgan fingerprint density at radius 2 is 2.16 bits per heavy atom. The quantitative estimate of drug-likeness (QED) is 0.772. The van der Waals surface area contributed by atoms with Gasteiger partial charge >= 0.3 is 0 Å². The zero-order chi connectivity index (χ0) is 17.4. The first-order chi connectivity index (χ1) is 12.2. The second kappa shape index (κ2) is 6.57. The van der Waals surface area contributed by atoms with Crippen LogP contribution in [0.2, 0.25) is 0 Å². The predicted octanol–water partition coefficient (Wildman–Crippen LogP) is 2.44. The van der Waals surface area contributed by atoms with E-state index in [1.807, 2.05) is 6.92 Å². The van der Waals surface area contributed by atoms with Crippen LogP contribution in [0, 0.1) is 6.92 Å². The molecule has 1 N–H and O–H groups in total. The molecule has 0 unspecified atom stereocenters. The molecule has 0 saturated carbocycles. The second-order valence-corrected chi connectivity index (χ2v) is 6.60. The van der Waals surface area contributed by atoms with E-state index in [0.29, 0.717) is 0 Å². The Morgan fingerprint density at radius 3 is 2.88 bits per heavy atom. The van der Waals surface area contributed by atoms with Gasteiger partial charge in [0, 0.05) is 32.1 Å². The third-order valence-electron chi connectivity index (χ3n) is 5.00. The zero-order valence-electron chi connectivity index (χ0n) is 14.9. The van der Waals surface area contributed by atoms with Gasteiger partial charge in [-0.15, -0.1) is 0 Å². The first-order valence-electron chi connectivity index (χ1n) is 8.79. The number of hydrogen-bond acceptors (Lipinski definition) is 5. The van der Waals surface area contributed by atoms with Crippen molar-refractivity contribution in [2.75, 3.05) is 13.7 Å². The number of likely N-dealkylation sites (tertiary alicyclic amines) is 1. The molecule has 7 heteroatoms. The fourth-order valence-corrected chi connectivity index (χ4v) is 3.73. The molecule has 0 radical (unpaired) electrons. The number of H-pyrrole nitrogens is 1. The van der Waals surface area contributed by atoms with Crippen LogP contribution in [-0.4, -0.2) is 49.6 Å². The first kappa shape index (κ1) is 16.2. The Kier molecular flexibility index (Phi) is 4.27. The third-order valence-corrected chi connectivity index (χ3v) is 5.00. The molecule has 25 heavy (non-hydrogen) atoms. The largest absolute Gasteiger partial charge is 0.380 e. The predicted molar refractivity (Wildman–Crippen MR) is 95.1 cm³/mol. The number of hydrogen-bond donors (Lipinski definition) is 1. The molecule has 1 aliphatic heterocycles. The summed E-state index contributed by atoms with van der Waals surface area (Å²) in [6.45, 7) is 6.55. The average Bonchev–Trinajstić information content (AvgIpc) is 3.32. The summed E-state index contributed by atoms with van der Waals surface area (Å²) in [4.78, 5) is 6.93. The molecular weight excluding hydrogens is 316 g/mol. The number of rotatable bonds is 5. The Hall–Kier alpha value is -2.25. The number of methoxy groups -OCH3 is 1. The van der Waals surface area contributed by atoms with Crippen LogP contribution in [-0.2, 0) is 17.8 Å². The van der Waals surface area contributed by atoms with Crippen LogP contribution in [0.5, 0.6) is 0 Å². The Morgan fingerprint density at radius 1 is 1.32 bits per heavy atom. The minimum absolute atomic E-state index is 0.153. The van der Waals surface area contributed by atoms with E-state index in [9.17, 15) is 0 Å². The molecule has 3 aromatic rings. The van der Waals surface area contributed by atoms with E-state index in [0.717, 1.165) is 43.4 Å². The lowest BCUT2D eigenvalue weighted by atomic mass is 10.1. The minimum atomic E-state index is 0.153. The van der Waals surface area contributed by atoms with Crippen molar-refractivity contribution in [2.45, 2.75) is 45.5 Å². The van der Waals surface area contributed by atoms with Crippen LogP contribution in [0.4, 0.5) is 0 Å². The highest BCUT2D eigenvalue weighted by molar-refractivity contribution is 5.81. The van der Waals surface area contributed by atoms with E-state index in [2.05, 4.69) is 56.0 Å². The molecule has 2 aromatic heterocycles. The first-order valence-corrected chi connectivity index (χ1v) is 8.79. The summed E-state index contributed by atoms with van der Waals surface area (Å²) in [6.07, 6.45) is 1.10. The smallest absolute Gasteiger partial charge is 0.167 e.